The van der Waals surface area contributed by atoms with Gasteiger partial charge in [0.15, 0.2) is 0 Å². The summed E-state index contributed by atoms with van der Waals surface area (Å²) in [6.45, 7) is 0.453. The van der Waals surface area contributed by atoms with E-state index in [-0.39, 0.29) is 12.1 Å². The third-order valence-electron chi connectivity index (χ3n) is 4.38. The molecule has 1 saturated carbocycles. The molecule has 1 fully saturated rings. The number of aromatic nitrogens is 1. The van der Waals surface area contributed by atoms with Crippen LogP contribution < -0.4 is 0 Å². The fourth-order valence-electron chi connectivity index (χ4n) is 3.09. The van der Waals surface area contributed by atoms with E-state index in [1.165, 1.54) is 0 Å². The molecule has 0 radical (unpaired) electrons. The highest BCUT2D eigenvalue weighted by atomic mass is 16.5. The van der Waals surface area contributed by atoms with Gasteiger partial charge in [-0.15, -0.1) is 0 Å². The van der Waals surface area contributed by atoms with Gasteiger partial charge in [-0.3, -0.25) is 0 Å². The van der Waals surface area contributed by atoms with Gasteiger partial charge in [0.2, 0.25) is 0 Å². The summed E-state index contributed by atoms with van der Waals surface area (Å²) in [5, 5.41) is 10.4. The molecule has 0 bridgehead atoms. The van der Waals surface area contributed by atoms with Crippen LogP contribution in [0.1, 0.15) is 36.0 Å². The van der Waals surface area contributed by atoms with Crippen LogP contribution in [-0.2, 0) is 11.8 Å². The third-order valence-corrected chi connectivity index (χ3v) is 4.38. The first-order valence-electron chi connectivity index (χ1n) is 7.54. The van der Waals surface area contributed by atoms with E-state index in [9.17, 15) is 9.90 Å². The van der Waals surface area contributed by atoms with Gasteiger partial charge in [-0.25, -0.2) is 4.79 Å². The Morgan fingerprint density at radius 1 is 1.29 bits per heavy atom. The van der Waals surface area contributed by atoms with Gasteiger partial charge < -0.3 is 14.4 Å². The van der Waals surface area contributed by atoms with Crippen LogP contribution in [0.25, 0.3) is 10.9 Å². The Morgan fingerprint density at radius 2 is 2.00 bits per heavy atom. The normalized spacial score (nSPS) is 22.4. The number of ether oxygens (including phenoxy) is 1. The molecule has 0 saturated heterocycles. The number of fused-ring (bicyclic) bond motifs is 1. The minimum Gasteiger partial charge on any atom is -0.462 e. The van der Waals surface area contributed by atoms with Gasteiger partial charge in [-0.1, -0.05) is 18.2 Å². The smallest absolute Gasteiger partial charge is 0.340 e. The lowest BCUT2D eigenvalue weighted by molar-refractivity contribution is 0.0340. The summed E-state index contributed by atoms with van der Waals surface area (Å²) in [4.78, 5) is 12.3. The van der Waals surface area contributed by atoms with Crippen molar-refractivity contribution in [3.63, 3.8) is 0 Å². The molecular formula is C17H21NO3. The largest absolute Gasteiger partial charge is 0.462 e. The highest BCUT2D eigenvalue weighted by molar-refractivity contribution is 6.04. The maximum Gasteiger partial charge on any atom is 0.340 e. The molecule has 4 heteroatoms. The average Bonchev–Trinajstić information content (AvgIpc) is 2.84. The summed E-state index contributed by atoms with van der Waals surface area (Å²) in [7, 11) is 1.93. The topological polar surface area (TPSA) is 51.5 Å². The van der Waals surface area contributed by atoms with Crippen LogP contribution in [0.5, 0.6) is 0 Å². The Hall–Kier alpha value is -1.81. The first-order chi connectivity index (χ1) is 10.1. The molecule has 1 N–H and O–H groups in total. The maximum atomic E-state index is 12.3. The van der Waals surface area contributed by atoms with Gasteiger partial charge in [-0.2, -0.15) is 0 Å². The zero-order chi connectivity index (χ0) is 14.8. The van der Waals surface area contributed by atoms with Crippen molar-refractivity contribution >= 4 is 16.9 Å². The lowest BCUT2D eigenvalue weighted by Gasteiger charge is -2.24. The fraction of sp³-hybridized carbons (Fsp3) is 0.471. The lowest BCUT2D eigenvalue weighted by Crippen LogP contribution is -2.22. The molecule has 1 aliphatic rings. The number of aliphatic hydroxyl groups excluding tert-OH is 1. The molecule has 0 aliphatic heterocycles. The zero-order valence-corrected chi connectivity index (χ0v) is 12.3. The second-order valence-electron chi connectivity index (χ2n) is 5.94. The zero-order valence-electron chi connectivity index (χ0n) is 12.3. The Labute approximate surface area is 124 Å². The van der Waals surface area contributed by atoms with Gasteiger partial charge in [0.05, 0.1) is 18.3 Å². The minimum atomic E-state index is -0.252. The van der Waals surface area contributed by atoms with E-state index in [0.717, 1.165) is 36.6 Å². The summed E-state index contributed by atoms with van der Waals surface area (Å²) in [6.07, 6.45) is 5.16. The van der Waals surface area contributed by atoms with Crippen LogP contribution in [0.15, 0.2) is 30.5 Å². The number of carbonyl (C=O) groups is 1. The van der Waals surface area contributed by atoms with E-state index in [1.54, 1.807) is 0 Å². The summed E-state index contributed by atoms with van der Waals surface area (Å²) in [5.41, 5.74) is 1.66. The highest BCUT2D eigenvalue weighted by Crippen LogP contribution is 2.25. The number of para-hydroxylation sites is 1. The van der Waals surface area contributed by atoms with Gasteiger partial charge in [0, 0.05) is 24.1 Å². The summed E-state index contributed by atoms with van der Waals surface area (Å²) in [6, 6.07) is 7.84. The van der Waals surface area contributed by atoms with Crippen molar-refractivity contribution in [3.05, 3.63) is 36.0 Å². The Balaban J connectivity index is 1.67. The molecule has 4 nitrogen and oxygen atoms in total. The Kier molecular flexibility index (Phi) is 3.97. The van der Waals surface area contributed by atoms with Crippen LogP contribution in [0, 0.1) is 5.92 Å². The number of aryl methyl sites for hydroxylation is 1. The van der Waals surface area contributed by atoms with Gasteiger partial charge in [-0.05, 0) is 37.7 Å². The van der Waals surface area contributed by atoms with E-state index < -0.39 is 0 Å². The third kappa shape index (κ3) is 2.95. The number of hydrogen-bond donors (Lipinski definition) is 1. The number of hydrogen-bond acceptors (Lipinski definition) is 3. The monoisotopic (exact) mass is 287 g/mol. The molecule has 1 aromatic heterocycles. The van der Waals surface area contributed by atoms with Crippen molar-refractivity contribution in [2.24, 2.45) is 13.0 Å². The van der Waals surface area contributed by atoms with Gasteiger partial charge >= 0.3 is 5.97 Å². The van der Waals surface area contributed by atoms with E-state index >= 15 is 0 Å². The van der Waals surface area contributed by atoms with Gasteiger partial charge in [0.1, 0.15) is 0 Å². The molecule has 1 heterocycles. The van der Waals surface area contributed by atoms with Crippen molar-refractivity contribution in [2.45, 2.75) is 31.8 Å². The SMILES string of the molecule is Cn1cc(C(=O)OCC2CCC(O)CC2)c2ccccc21. The summed E-state index contributed by atoms with van der Waals surface area (Å²) >= 11 is 0. The minimum absolute atomic E-state index is 0.171. The van der Waals surface area contributed by atoms with Crippen LogP contribution in [-0.4, -0.2) is 28.4 Å². The predicted octanol–water partition coefficient (Wildman–Crippen LogP) is 2.89. The summed E-state index contributed by atoms with van der Waals surface area (Å²) < 4.78 is 7.44. The first kappa shape index (κ1) is 14.1. The molecule has 0 amide bonds. The molecule has 0 atom stereocenters. The molecule has 1 aromatic carbocycles. The number of nitrogens with zero attached hydrogens (tertiary/aromatic N) is 1. The maximum absolute atomic E-state index is 12.3. The standard InChI is InChI=1S/C17H21NO3/c1-18-10-15(14-4-2-3-5-16(14)18)17(20)21-11-12-6-8-13(19)9-7-12/h2-5,10,12-13,19H,6-9,11H2,1H3. The van der Waals surface area contributed by atoms with Gasteiger partial charge in [0.25, 0.3) is 0 Å². The molecule has 21 heavy (non-hydrogen) atoms. The first-order valence-corrected chi connectivity index (χ1v) is 7.54. The average molecular weight is 287 g/mol. The molecule has 3 rings (SSSR count). The van der Waals surface area contributed by atoms with Crippen molar-refractivity contribution < 1.29 is 14.6 Å². The molecule has 2 aromatic rings. The molecular weight excluding hydrogens is 266 g/mol. The van der Waals surface area contributed by atoms with E-state index in [0.29, 0.717) is 18.1 Å². The number of rotatable bonds is 3. The lowest BCUT2D eigenvalue weighted by atomic mass is 9.88. The van der Waals surface area contributed by atoms with Crippen LogP contribution in [0.4, 0.5) is 0 Å². The second kappa shape index (κ2) is 5.90. The number of esters is 1. The van der Waals surface area contributed by atoms with E-state index in [2.05, 4.69) is 0 Å². The van der Waals surface area contributed by atoms with Crippen LogP contribution in [0.3, 0.4) is 0 Å². The van der Waals surface area contributed by atoms with E-state index in [1.807, 2.05) is 42.1 Å². The molecule has 1 aliphatic carbocycles. The Bertz CT molecular complexity index is 639. The molecule has 0 spiro atoms. The van der Waals surface area contributed by atoms with Crippen LogP contribution >= 0.6 is 0 Å². The number of aliphatic hydroxyl groups is 1. The van der Waals surface area contributed by atoms with Crippen molar-refractivity contribution in [3.8, 4) is 0 Å². The fourth-order valence-corrected chi connectivity index (χ4v) is 3.09. The van der Waals surface area contributed by atoms with Crippen molar-refractivity contribution in [1.29, 1.82) is 0 Å². The number of benzene rings is 1. The summed E-state index contributed by atoms with van der Waals surface area (Å²) in [5.74, 6) is 0.130. The second-order valence-corrected chi connectivity index (χ2v) is 5.94. The van der Waals surface area contributed by atoms with Crippen LogP contribution in [0.2, 0.25) is 0 Å². The van der Waals surface area contributed by atoms with Crippen molar-refractivity contribution in [2.75, 3.05) is 6.61 Å². The number of carbonyl (C=O) groups excluding carboxylic acids is 1. The quantitative estimate of drug-likeness (QED) is 0.883. The Morgan fingerprint density at radius 3 is 2.76 bits per heavy atom. The highest BCUT2D eigenvalue weighted by Gasteiger charge is 2.22. The molecule has 0 unspecified atom stereocenters. The molecule has 112 valence electrons. The van der Waals surface area contributed by atoms with Crippen molar-refractivity contribution in [1.82, 2.24) is 4.57 Å². The van der Waals surface area contributed by atoms with E-state index in [4.69, 9.17) is 4.74 Å². The predicted molar refractivity (Wildman–Crippen MR) is 81.2 cm³/mol.